The van der Waals surface area contributed by atoms with Crippen LogP contribution in [-0.2, 0) is 0 Å². The summed E-state index contributed by atoms with van der Waals surface area (Å²) in [7, 11) is 0. The van der Waals surface area contributed by atoms with Crippen molar-refractivity contribution in [2.75, 3.05) is 11.9 Å². The van der Waals surface area contributed by atoms with E-state index in [4.69, 9.17) is 0 Å². The van der Waals surface area contributed by atoms with E-state index in [2.05, 4.69) is 15.3 Å². The molecule has 3 aromatic rings. The Morgan fingerprint density at radius 2 is 1.91 bits per heavy atom. The SMILES string of the molecule is OC(c1ccccc1)C1(CNc2ccnc3ccncc23)CC1. The molecule has 0 amide bonds. The van der Waals surface area contributed by atoms with Gasteiger partial charge in [0.1, 0.15) is 0 Å². The fourth-order valence-corrected chi connectivity index (χ4v) is 3.11. The number of hydrogen-bond acceptors (Lipinski definition) is 4. The van der Waals surface area contributed by atoms with E-state index in [1.54, 1.807) is 12.4 Å². The van der Waals surface area contributed by atoms with Crippen molar-refractivity contribution in [2.45, 2.75) is 18.9 Å². The average molecular weight is 305 g/mol. The van der Waals surface area contributed by atoms with Gasteiger partial charge in [-0.3, -0.25) is 9.97 Å². The van der Waals surface area contributed by atoms with E-state index in [9.17, 15) is 5.11 Å². The molecule has 4 heteroatoms. The van der Waals surface area contributed by atoms with E-state index >= 15 is 0 Å². The van der Waals surface area contributed by atoms with E-state index in [0.29, 0.717) is 0 Å². The number of aromatic nitrogens is 2. The minimum atomic E-state index is -0.428. The Bertz CT molecular complexity index is 810. The van der Waals surface area contributed by atoms with Crippen molar-refractivity contribution in [2.24, 2.45) is 5.41 Å². The van der Waals surface area contributed by atoms with Crippen LogP contribution in [0.15, 0.2) is 61.1 Å². The first-order chi connectivity index (χ1) is 11.3. The van der Waals surface area contributed by atoms with Crippen molar-refractivity contribution in [3.63, 3.8) is 0 Å². The number of nitrogens with one attached hydrogen (secondary N) is 1. The molecule has 0 bridgehead atoms. The third kappa shape index (κ3) is 2.66. The van der Waals surface area contributed by atoms with Crippen LogP contribution in [0.25, 0.3) is 10.9 Å². The van der Waals surface area contributed by atoms with Gasteiger partial charge in [0, 0.05) is 41.6 Å². The van der Waals surface area contributed by atoms with Crippen molar-refractivity contribution in [1.82, 2.24) is 9.97 Å². The first-order valence-electron chi connectivity index (χ1n) is 7.94. The van der Waals surface area contributed by atoms with Crippen molar-refractivity contribution < 1.29 is 5.11 Å². The fourth-order valence-electron chi connectivity index (χ4n) is 3.11. The Balaban J connectivity index is 1.54. The molecule has 1 unspecified atom stereocenters. The van der Waals surface area contributed by atoms with Gasteiger partial charge in [0.2, 0.25) is 0 Å². The third-order valence-electron chi connectivity index (χ3n) is 4.76. The van der Waals surface area contributed by atoms with Crippen LogP contribution in [0, 0.1) is 5.41 Å². The zero-order valence-corrected chi connectivity index (χ0v) is 12.8. The van der Waals surface area contributed by atoms with E-state index in [0.717, 1.165) is 41.5 Å². The molecule has 0 spiro atoms. The lowest BCUT2D eigenvalue weighted by Gasteiger charge is -2.24. The lowest BCUT2D eigenvalue weighted by atomic mass is 9.92. The molecule has 4 rings (SSSR count). The number of anilines is 1. The number of fused-ring (bicyclic) bond motifs is 1. The molecule has 4 nitrogen and oxygen atoms in total. The Hall–Kier alpha value is -2.46. The first kappa shape index (κ1) is 14.2. The van der Waals surface area contributed by atoms with Gasteiger partial charge in [-0.25, -0.2) is 0 Å². The molecule has 1 saturated carbocycles. The molecule has 1 aliphatic carbocycles. The molecule has 2 aromatic heterocycles. The molecule has 1 atom stereocenters. The van der Waals surface area contributed by atoms with Crippen LogP contribution in [0.5, 0.6) is 0 Å². The summed E-state index contributed by atoms with van der Waals surface area (Å²) >= 11 is 0. The van der Waals surface area contributed by atoms with Crippen molar-refractivity contribution in [3.05, 3.63) is 66.6 Å². The molecule has 1 aliphatic rings. The Morgan fingerprint density at radius 3 is 2.70 bits per heavy atom. The lowest BCUT2D eigenvalue weighted by molar-refractivity contribution is 0.1000. The summed E-state index contributed by atoms with van der Waals surface area (Å²) in [6.45, 7) is 0.747. The highest BCUT2D eigenvalue weighted by atomic mass is 16.3. The molecule has 0 aliphatic heterocycles. The minimum Gasteiger partial charge on any atom is -0.388 e. The van der Waals surface area contributed by atoms with Gasteiger partial charge in [-0.2, -0.15) is 0 Å². The van der Waals surface area contributed by atoms with Gasteiger partial charge < -0.3 is 10.4 Å². The highest BCUT2D eigenvalue weighted by Crippen LogP contribution is 2.54. The Morgan fingerprint density at radius 1 is 1.09 bits per heavy atom. The standard InChI is InChI=1S/C19H19N3O/c23-18(14-4-2-1-3-5-14)19(8-9-19)13-22-17-7-11-21-16-6-10-20-12-15(16)17/h1-7,10-12,18,23H,8-9,13H2,(H,21,22). The van der Waals surface area contributed by atoms with Crippen LogP contribution in [-0.4, -0.2) is 21.6 Å². The minimum absolute atomic E-state index is 0.0703. The molecule has 116 valence electrons. The quantitative estimate of drug-likeness (QED) is 0.757. The molecular weight excluding hydrogens is 286 g/mol. The summed E-state index contributed by atoms with van der Waals surface area (Å²) in [4.78, 5) is 8.54. The number of pyridine rings is 2. The molecule has 2 N–H and O–H groups in total. The number of hydrogen-bond donors (Lipinski definition) is 2. The summed E-state index contributed by atoms with van der Waals surface area (Å²) in [5.41, 5.74) is 2.88. The van der Waals surface area contributed by atoms with Gasteiger partial charge in [0.25, 0.3) is 0 Å². The number of nitrogens with zero attached hydrogens (tertiary/aromatic N) is 2. The van der Waals surface area contributed by atoms with Gasteiger partial charge in [-0.1, -0.05) is 30.3 Å². The summed E-state index contributed by atoms with van der Waals surface area (Å²) in [6, 6.07) is 13.8. The molecule has 2 heterocycles. The van der Waals surface area contributed by atoms with Crippen LogP contribution in [0.4, 0.5) is 5.69 Å². The van der Waals surface area contributed by atoms with Gasteiger partial charge >= 0.3 is 0 Å². The van der Waals surface area contributed by atoms with Crippen LogP contribution >= 0.6 is 0 Å². The summed E-state index contributed by atoms with van der Waals surface area (Å²) in [5, 5.41) is 15.3. The fraction of sp³-hybridized carbons (Fsp3) is 0.263. The number of aliphatic hydroxyl groups is 1. The number of benzene rings is 1. The lowest BCUT2D eigenvalue weighted by Crippen LogP contribution is -2.23. The van der Waals surface area contributed by atoms with Crippen molar-refractivity contribution in [3.8, 4) is 0 Å². The maximum atomic E-state index is 10.7. The van der Waals surface area contributed by atoms with Gasteiger partial charge in [-0.05, 0) is 30.5 Å². The molecule has 0 saturated heterocycles. The molecule has 1 fully saturated rings. The Kier molecular flexibility index (Phi) is 3.46. The van der Waals surface area contributed by atoms with Crippen molar-refractivity contribution in [1.29, 1.82) is 0 Å². The number of aliphatic hydroxyl groups excluding tert-OH is 1. The highest BCUT2D eigenvalue weighted by Gasteiger charge is 2.49. The normalized spacial score (nSPS) is 16.9. The topological polar surface area (TPSA) is 58.0 Å². The molecule has 1 aromatic carbocycles. The van der Waals surface area contributed by atoms with E-state index in [1.165, 1.54) is 0 Å². The van der Waals surface area contributed by atoms with E-state index < -0.39 is 6.10 Å². The van der Waals surface area contributed by atoms with Gasteiger partial charge in [0.15, 0.2) is 0 Å². The second-order valence-electron chi connectivity index (χ2n) is 6.28. The predicted molar refractivity (Wildman–Crippen MR) is 91.1 cm³/mol. The molecular formula is C19H19N3O. The van der Waals surface area contributed by atoms with E-state index in [-0.39, 0.29) is 5.41 Å². The van der Waals surface area contributed by atoms with Crippen molar-refractivity contribution >= 4 is 16.6 Å². The average Bonchev–Trinajstić information content (AvgIpc) is 3.41. The summed E-state index contributed by atoms with van der Waals surface area (Å²) in [6.07, 6.45) is 7.04. The maximum Gasteiger partial charge on any atom is 0.0863 e. The number of rotatable bonds is 5. The monoisotopic (exact) mass is 305 g/mol. The summed E-state index contributed by atoms with van der Waals surface area (Å²) in [5.74, 6) is 0. The zero-order chi connectivity index (χ0) is 15.7. The molecule has 0 radical (unpaired) electrons. The smallest absolute Gasteiger partial charge is 0.0863 e. The Labute approximate surface area is 135 Å². The zero-order valence-electron chi connectivity index (χ0n) is 12.8. The van der Waals surface area contributed by atoms with Crippen LogP contribution < -0.4 is 5.32 Å². The second-order valence-corrected chi connectivity index (χ2v) is 6.28. The summed E-state index contributed by atoms with van der Waals surface area (Å²) < 4.78 is 0. The largest absolute Gasteiger partial charge is 0.388 e. The van der Waals surface area contributed by atoms with Crippen LogP contribution in [0.1, 0.15) is 24.5 Å². The second kappa shape index (κ2) is 5.63. The maximum absolute atomic E-state index is 10.7. The predicted octanol–water partition coefficient (Wildman–Crippen LogP) is 3.56. The van der Waals surface area contributed by atoms with E-state index in [1.807, 2.05) is 48.7 Å². The van der Waals surface area contributed by atoms with Gasteiger partial charge in [0.05, 0.1) is 11.6 Å². The van der Waals surface area contributed by atoms with Crippen LogP contribution in [0.2, 0.25) is 0 Å². The highest BCUT2D eigenvalue weighted by molar-refractivity contribution is 5.90. The van der Waals surface area contributed by atoms with Gasteiger partial charge in [-0.15, -0.1) is 0 Å². The molecule has 23 heavy (non-hydrogen) atoms. The third-order valence-corrected chi connectivity index (χ3v) is 4.76. The first-order valence-corrected chi connectivity index (χ1v) is 7.94. The van der Waals surface area contributed by atoms with Crippen LogP contribution in [0.3, 0.4) is 0 Å².